The van der Waals surface area contributed by atoms with Crippen molar-refractivity contribution in [3.63, 3.8) is 0 Å². The topological polar surface area (TPSA) is 71.0 Å². The number of likely N-dealkylation sites (tertiary alicyclic amines) is 1. The van der Waals surface area contributed by atoms with E-state index in [1.165, 1.54) is 0 Å². The van der Waals surface area contributed by atoms with Gasteiger partial charge in [0.25, 0.3) is 11.5 Å². The number of fused-ring (bicyclic) bond motifs is 1. The van der Waals surface area contributed by atoms with Gasteiger partial charge in [-0.15, -0.1) is 0 Å². The van der Waals surface area contributed by atoms with Crippen molar-refractivity contribution in [3.05, 3.63) is 64.5 Å². The van der Waals surface area contributed by atoms with Gasteiger partial charge in [0.15, 0.2) is 0 Å². The van der Waals surface area contributed by atoms with Crippen LogP contribution in [0.25, 0.3) is 10.9 Å². The first-order valence-corrected chi connectivity index (χ1v) is 10.1. The van der Waals surface area contributed by atoms with Crippen molar-refractivity contribution in [1.29, 1.82) is 0 Å². The van der Waals surface area contributed by atoms with Crippen LogP contribution in [0.15, 0.2) is 47.7 Å². The van der Waals surface area contributed by atoms with E-state index in [1.54, 1.807) is 17.0 Å². The highest BCUT2D eigenvalue weighted by Crippen LogP contribution is 2.38. The maximum absolute atomic E-state index is 12.8. The molecule has 0 spiro atoms. The number of nitrogens with one attached hydrogen (secondary N) is 1. The first-order chi connectivity index (χ1) is 13.7. The Balaban J connectivity index is 1.21. The summed E-state index contributed by atoms with van der Waals surface area (Å²) in [6.07, 6.45) is 7.72. The van der Waals surface area contributed by atoms with Crippen molar-refractivity contribution >= 4 is 16.8 Å². The summed E-state index contributed by atoms with van der Waals surface area (Å²) >= 11 is 0. The first-order valence-electron chi connectivity index (χ1n) is 10.1. The molecule has 2 aromatic heterocycles. The van der Waals surface area contributed by atoms with Crippen molar-refractivity contribution in [2.45, 2.75) is 38.1 Å². The normalized spacial score (nSPS) is 17.9. The summed E-state index contributed by atoms with van der Waals surface area (Å²) in [4.78, 5) is 34.7. The quantitative estimate of drug-likeness (QED) is 0.760. The number of nitrogens with zero attached hydrogens (tertiary/aromatic N) is 3. The molecule has 0 radical (unpaired) electrons. The molecule has 1 saturated carbocycles. The van der Waals surface area contributed by atoms with E-state index in [0.29, 0.717) is 18.4 Å². The third-order valence-corrected chi connectivity index (χ3v) is 6.05. The number of amides is 1. The lowest BCUT2D eigenvalue weighted by Gasteiger charge is -2.32. The van der Waals surface area contributed by atoms with Crippen LogP contribution in [0.5, 0.6) is 0 Å². The van der Waals surface area contributed by atoms with Crippen molar-refractivity contribution < 1.29 is 4.79 Å². The molecule has 28 heavy (non-hydrogen) atoms. The minimum atomic E-state index is 0.0511. The Morgan fingerprint density at radius 2 is 1.93 bits per heavy atom. The number of piperidine rings is 1. The molecule has 1 aromatic carbocycles. The second-order valence-corrected chi connectivity index (χ2v) is 8.09. The molecule has 1 aliphatic carbocycles. The third-order valence-electron chi connectivity index (χ3n) is 6.05. The Kier molecular flexibility index (Phi) is 4.26. The van der Waals surface area contributed by atoms with Gasteiger partial charge in [0.05, 0.1) is 12.0 Å². The standard InChI is InChI=1S/C22H24N4O2/c27-21-12-20(16-1-2-16)24-14-26(21)13-15-6-9-25(10-7-15)22(28)18-3-4-19-17(11-18)5-8-23-19/h3-5,8,11-12,14-16,23H,1-2,6-7,9-10,13H2. The fraction of sp³-hybridized carbons (Fsp3) is 0.409. The van der Waals surface area contributed by atoms with E-state index in [4.69, 9.17) is 0 Å². The lowest BCUT2D eigenvalue weighted by Crippen LogP contribution is -2.40. The number of benzene rings is 1. The van der Waals surface area contributed by atoms with Gasteiger partial charge in [-0.05, 0) is 55.9 Å². The van der Waals surface area contributed by atoms with Crippen molar-refractivity contribution in [2.75, 3.05) is 13.1 Å². The van der Waals surface area contributed by atoms with Gasteiger partial charge < -0.3 is 9.88 Å². The molecule has 1 N–H and O–H groups in total. The predicted octanol–water partition coefficient (Wildman–Crippen LogP) is 3.15. The van der Waals surface area contributed by atoms with Gasteiger partial charge in [-0.2, -0.15) is 0 Å². The Morgan fingerprint density at radius 1 is 1.11 bits per heavy atom. The second kappa shape index (κ2) is 6.93. The Hall–Kier alpha value is -2.89. The summed E-state index contributed by atoms with van der Waals surface area (Å²) < 4.78 is 1.73. The zero-order valence-corrected chi connectivity index (χ0v) is 15.8. The predicted molar refractivity (Wildman–Crippen MR) is 107 cm³/mol. The SMILES string of the molecule is O=C(c1ccc2[nH]ccc2c1)N1CCC(Cn2cnc(C3CC3)cc2=O)CC1. The van der Waals surface area contributed by atoms with Gasteiger partial charge in [-0.3, -0.25) is 14.2 Å². The molecule has 6 heteroatoms. The monoisotopic (exact) mass is 376 g/mol. The van der Waals surface area contributed by atoms with E-state index in [-0.39, 0.29) is 11.5 Å². The lowest BCUT2D eigenvalue weighted by atomic mass is 9.96. The molecule has 0 unspecified atom stereocenters. The highest BCUT2D eigenvalue weighted by molar-refractivity contribution is 5.98. The van der Waals surface area contributed by atoms with E-state index in [9.17, 15) is 9.59 Å². The number of hydrogen-bond donors (Lipinski definition) is 1. The minimum absolute atomic E-state index is 0.0511. The van der Waals surface area contributed by atoms with Crippen LogP contribution in [0.3, 0.4) is 0 Å². The summed E-state index contributed by atoms with van der Waals surface area (Å²) in [7, 11) is 0. The van der Waals surface area contributed by atoms with Crippen LogP contribution in [-0.2, 0) is 6.54 Å². The molecule has 2 aliphatic rings. The van der Waals surface area contributed by atoms with E-state index in [2.05, 4.69) is 9.97 Å². The molecular formula is C22H24N4O2. The number of aromatic amines is 1. The summed E-state index contributed by atoms with van der Waals surface area (Å²) in [6.45, 7) is 2.15. The summed E-state index contributed by atoms with van der Waals surface area (Å²) in [6, 6.07) is 9.49. The largest absolute Gasteiger partial charge is 0.361 e. The summed E-state index contributed by atoms with van der Waals surface area (Å²) in [5.41, 5.74) is 2.78. The highest BCUT2D eigenvalue weighted by Gasteiger charge is 2.27. The smallest absolute Gasteiger partial charge is 0.253 e. The highest BCUT2D eigenvalue weighted by atomic mass is 16.2. The molecule has 3 aromatic rings. The zero-order valence-electron chi connectivity index (χ0n) is 15.8. The molecule has 0 atom stereocenters. The van der Waals surface area contributed by atoms with Gasteiger partial charge >= 0.3 is 0 Å². The van der Waals surface area contributed by atoms with E-state index >= 15 is 0 Å². The minimum Gasteiger partial charge on any atom is -0.361 e. The third kappa shape index (κ3) is 3.35. The molecule has 144 valence electrons. The second-order valence-electron chi connectivity index (χ2n) is 8.09. The molecule has 0 bridgehead atoms. The number of carbonyl (C=O) groups is 1. The van der Waals surface area contributed by atoms with Crippen molar-refractivity contribution in [1.82, 2.24) is 19.4 Å². The fourth-order valence-corrected chi connectivity index (χ4v) is 4.15. The van der Waals surface area contributed by atoms with E-state index < -0.39 is 0 Å². The first kappa shape index (κ1) is 17.2. The zero-order chi connectivity index (χ0) is 19.1. The molecule has 2 fully saturated rings. The van der Waals surface area contributed by atoms with Crippen LogP contribution in [0, 0.1) is 5.92 Å². The average Bonchev–Trinajstić information content (AvgIpc) is 3.46. The van der Waals surface area contributed by atoms with Gasteiger partial charge in [0, 0.05) is 54.3 Å². The maximum Gasteiger partial charge on any atom is 0.253 e. The molecule has 1 saturated heterocycles. The van der Waals surface area contributed by atoms with Gasteiger partial charge in [0.1, 0.15) is 0 Å². The van der Waals surface area contributed by atoms with Crippen molar-refractivity contribution in [2.24, 2.45) is 5.92 Å². The van der Waals surface area contributed by atoms with Gasteiger partial charge in [0.2, 0.25) is 0 Å². The lowest BCUT2D eigenvalue weighted by molar-refractivity contribution is 0.0682. The molecule has 3 heterocycles. The Bertz CT molecular complexity index is 1070. The van der Waals surface area contributed by atoms with Crippen LogP contribution >= 0.6 is 0 Å². The van der Waals surface area contributed by atoms with Gasteiger partial charge in [-0.25, -0.2) is 4.98 Å². The number of carbonyl (C=O) groups excluding carboxylic acids is 1. The van der Waals surface area contributed by atoms with Crippen LogP contribution in [0.4, 0.5) is 0 Å². The van der Waals surface area contributed by atoms with Gasteiger partial charge in [-0.1, -0.05) is 0 Å². The number of aromatic nitrogens is 3. The summed E-state index contributed by atoms with van der Waals surface area (Å²) in [5.74, 6) is 0.999. The average molecular weight is 376 g/mol. The van der Waals surface area contributed by atoms with Crippen LogP contribution in [0.1, 0.15) is 47.7 Å². The van der Waals surface area contributed by atoms with Crippen LogP contribution < -0.4 is 5.56 Å². The van der Waals surface area contributed by atoms with E-state index in [1.807, 2.05) is 35.4 Å². The van der Waals surface area contributed by atoms with Crippen molar-refractivity contribution in [3.8, 4) is 0 Å². The Morgan fingerprint density at radius 3 is 2.68 bits per heavy atom. The summed E-state index contributed by atoms with van der Waals surface area (Å²) in [5, 5.41) is 1.06. The number of H-pyrrole nitrogens is 1. The van der Waals surface area contributed by atoms with Crippen LogP contribution in [0.2, 0.25) is 0 Å². The van der Waals surface area contributed by atoms with E-state index in [0.717, 1.165) is 60.9 Å². The molecule has 1 aliphatic heterocycles. The Labute approximate surface area is 163 Å². The number of rotatable bonds is 4. The van der Waals surface area contributed by atoms with Crippen LogP contribution in [-0.4, -0.2) is 38.4 Å². The molecule has 6 nitrogen and oxygen atoms in total. The fourth-order valence-electron chi connectivity index (χ4n) is 4.15. The molecule has 5 rings (SSSR count). The molecule has 1 amide bonds. The maximum atomic E-state index is 12.8. The molecular weight excluding hydrogens is 352 g/mol. The number of hydrogen-bond acceptors (Lipinski definition) is 3.